The molecule has 1 saturated heterocycles. The number of epoxide rings is 1. The summed E-state index contributed by atoms with van der Waals surface area (Å²) in [5, 5.41) is 0. The predicted molar refractivity (Wildman–Crippen MR) is 103 cm³/mol. The lowest BCUT2D eigenvalue weighted by Gasteiger charge is -2.38. The lowest BCUT2D eigenvalue weighted by atomic mass is 9.87. The molecule has 0 saturated carbocycles. The van der Waals surface area contributed by atoms with E-state index in [1.807, 2.05) is 13.8 Å². The molecule has 3 unspecified atom stereocenters. The van der Waals surface area contributed by atoms with Crippen molar-refractivity contribution in [3.8, 4) is 0 Å². The molecule has 0 bridgehead atoms. The molecule has 150 valence electrons. The highest BCUT2D eigenvalue weighted by Crippen LogP contribution is 2.33. The Morgan fingerprint density at radius 3 is 2.16 bits per heavy atom. The van der Waals surface area contributed by atoms with Gasteiger partial charge in [0.25, 0.3) is 0 Å². The lowest BCUT2D eigenvalue weighted by molar-refractivity contribution is -0.257. The van der Waals surface area contributed by atoms with Gasteiger partial charge in [0.15, 0.2) is 5.79 Å². The van der Waals surface area contributed by atoms with Crippen LogP contribution >= 0.6 is 0 Å². The van der Waals surface area contributed by atoms with Gasteiger partial charge >= 0.3 is 0 Å². The van der Waals surface area contributed by atoms with Crippen molar-refractivity contribution in [2.75, 3.05) is 26.4 Å². The number of ether oxygens (including phenoxy) is 4. The first-order chi connectivity index (χ1) is 12.1. The van der Waals surface area contributed by atoms with Crippen molar-refractivity contribution in [2.45, 2.75) is 104 Å². The van der Waals surface area contributed by atoms with E-state index in [2.05, 4.69) is 20.8 Å². The summed E-state index contributed by atoms with van der Waals surface area (Å²) in [6.07, 6.45) is 10.5. The molecule has 1 rings (SSSR count). The zero-order valence-electron chi connectivity index (χ0n) is 17.4. The molecular weight excluding hydrogens is 316 g/mol. The molecular formula is C21H42O4. The highest BCUT2D eigenvalue weighted by molar-refractivity contribution is 4.79. The van der Waals surface area contributed by atoms with Crippen LogP contribution in [0.2, 0.25) is 0 Å². The van der Waals surface area contributed by atoms with E-state index in [0.29, 0.717) is 31.8 Å². The molecule has 25 heavy (non-hydrogen) atoms. The van der Waals surface area contributed by atoms with Gasteiger partial charge in [0, 0.05) is 19.1 Å². The van der Waals surface area contributed by atoms with Crippen LogP contribution in [0.1, 0.15) is 86.0 Å². The standard InChI is InChI=1S/C21H42O4/c1-6-9-10-11-12-13-14-19(21(5,24-7-2)25-8-3)15-18(4)22-16-20-17-23-20/h18-20H,6-17H2,1-5H3. The Morgan fingerprint density at radius 1 is 1.00 bits per heavy atom. The van der Waals surface area contributed by atoms with E-state index in [0.717, 1.165) is 19.4 Å². The summed E-state index contributed by atoms with van der Waals surface area (Å²) in [5.41, 5.74) is 0. The summed E-state index contributed by atoms with van der Waals surface area (Å²) >= 11 is 0. The van der Waals surface area contributed by atoms with Crippen molar-refractivity contribution in [3.63, 3.8) is 0 Å². The molecule has 0 aromatic carbocycles. The third-order valence-electron chi connectivity index (χ3n) is 5.10. The van der Waals surface area contributed by atoms with Crippen LogP contribution < -0.4 is 0 Å². The van der Waals surface area contributed by atoms with Crippen molar-refractivity contribution in [1.29, 1.82) is 0 Å². The first-order valence-electron chi connectivity index (χ1n) is 10.6. The smallest absolute Gasteiger partial charge is 0.168 e. The molecule has 1 fully saturated rings. The van der Waals surface area contributed by atoms with E-state index in [1.54, 1.807) is 0 Å². The highest BCUT2D eigenvalue weighted by Gasteiger charge is 2.36. The summed E-state index contributed by atoms with van der Waals surface area (Å²) in [7, 11) is 0. The predicted octanol–water partition coefficient (Wildman–Crippen LogP) is 5.34. The molecule has 0 aliphatic carbocycles. The lowest BCUT2D eigenvalue weighted by Crippen LogP contribution is -2.42. The second-order valence-corrected chi connectivity index (χ2v) is 7.47. The van der Waals surface area contributed by atoms with Gasteiger partial charge in [-0.05, 0) is 40.5 Å². The van der Waals surface area contributed by atoms with Crippen LogP contribution in [0.4, 0.5) is 0 Å². The van der Waals surface area contributed by atoms with Gasteiger partial charge in [0.1, 0.15) is 6.10 Å². The summed E-state index contributed by atoms with van der Waals surface area (Å²) in [6, 6.07) is 0. The molecule has 0 amide bonds. The maximum Gasteiger partial charge on any atom is 0.168 e. The molecule has 1 heterocycles. The maximum atomic E-state index is 6.06. The topological polar surface area (TPSA) is 40.2 Å². The molecule has 1 aliphatic heterocycles. The van der Waals surface area contributed by atoms with Crippen molar-refractivity contribution in [2.24, 2.45) is 5.92 Å². The van der Waals surface area contributed by atoms with Gasteiger partial charge in [0.2, 0.25) is 0 Å². The van der Waals surface area contributed by atoms with Crippen LogP contribution in [-0.4, -0.2) is 44.4 Å². The van der Waals surface area contributed by atoms with Gasteiger partial charge in [-0.3, -0.25) is 0 Å². The number of hydrogen-bond donors (Lipinski definition) is 0. The Bertz CT molecular complexity index is 311. The zero-order valence-corrected chi connectivity index (χ0v) is 17.4. The normalized spacial score (nSPS) is 19.8. The molecule has 0 radical (unpaired) electrons. The molecule has 0 N–H and O–H groups in total. The third-order valence-corrected chi connectivity index (χ3v) is 5.10. The van der Waals surface area contributed by atoms with Gasteiger partial charge in [-0.1, -0.05) is 45.4 Å². The minimum atomic E-state index is -0.513. The highest BCUT2D eigenvalue weighted by atomic mass is 16.7. The third kappa shape index (κ3) is 9.93. The zero-order chi connectivity index (χ0) is 18.5. The molecule has 0 aromatic rings. The number of unbranched alkanes of at least 4 members (excludes halogenated alkanes) is 5. The van der Waals surface area contributed by atoms with E-state index < -0.39 is 5.79 Å². The van der Waals surface area contributed by atoms with Crippen LogP contribution in [0.3, 0.4) is 0 Å². The SMILES string of the molecule is CCCCCCCCC(CC(C)OCC1CO1)C(C)(OCC)OCC. The fourth-order valence-corrected chi connectivity index (χ4v) is 3.52. The summed E-state index contributed by atoms with van der Waals surface area (Å²) in [4.78, 5) is 0. The van der Waals surface area contributed by atoms with E-state index in [4.69, 9.17) is 18.9 Å². The Hall–Kier alpha value is -0.160. The fourth-order valence-electron chi connectivity index (χ4n) is 3.52. The van der Waals surface area contributed by atoms with Crippen LogP contribution in [0.25, 0.3) is 0 Å². The van der Waals surface area contributed by atoms with Gasteiger partial charge in [-0.25, -0.2) is 0 Å². The van der Waals surface area contributed by atoms with Gasteiger partial charge in [-0.15, -0.1) is 0 Å². The van der Waals surface area contributed by atoms with Crippen molar-refractivity contribution in [3.05, 3.63) is 0 Å². The Labute approximate surface area is 155 Å². The second kappa shape index (κ2) is 13.1. The van der Waals surface area contributed by atoms with Crippen LogP contribution in [0.15, 0.2) is 0 Å². The summed E-state index contributed by atoms with van der Waals surface area (Å²) in [6.45, 7) is 13.5. The van der Waals surface area contributed by atoms with Crippen LogP contribution in [0.5, 0.6) is 0 Å². The van der Waals surface area contributed by atoms with E-state index in [9.17, 15) is 0 Å². The largest absolute Gasteiger partial charge is 0.376 e. The Balaban J connectivity index is 2.50. The number of rotatable bonds is 17. The van der Waals surface area contributed by atoms with Gasteiger partial charge in [0.05, 0.1) is 19.3 Å². The maximum absolute atomic E-state index is 6.06. The minimum absolute atomic E-state index is 0.203. The minimum Gasteiger partial charge on any atom is -0.376 e. The Morgan fingerprint density at radius 2 is 1.60 bits per heavy atom. The number of hydrogen-bond acceptors (Lipinski definition) is 4. The molecule has 4 heteroatoms. The fraction of sp³-hybridized carbons (Fsp3) is 1.00. The van der Waals surface area contributed by atoms with Crippen molar-refractivity contribution in [1.82, 2.24) is 0 Å². The van der Waals surface area contributed by atoms with E-state index in [1.165, 1.54) is 38.5 Å². The van der Waals surface area contributed by atoms with Crippen LogP contribution in [0, 0.1) is 5.92 Å². The Kier molecular flexibility index (Phi) is 12.0. The summed E-state index contributed by atoms with van der Waals surface area (Å²) < 4.78 is 23.3. The van der Waals surface area contributed by atoms with Gasteiger partial charge in [-0.2, -0.15) is 0 Å². The average molecular weight is 359 g/mol. The molecule has 3 atom stereocenters. The van der Waals surface area contributed by atoms with Crippen molar-refractivity contribution >= 4 is 0 Å². The van der Waals surface area contributed by atoms with Crippen molar-refractivity contribution < 1.29 is 18.9 Å². The molecule has 1 aliphatic rings. The quantitative estimate of drug-likeness (QED) is 0.200. The first-order valence-corrected chi connectivity index (χ1v) is 10.6. The molecule has 0 spiro atoms. The van der Waals surface area contributed by atoms with E-state index >= 15 is 0 Å². The first kappa shape index (κ1) is 22.9. The van der Waals surface area contributed by atoms with E-state index in [-0.39, 0.29) is 6.10 Å². The average Bonchev–Trinajstić information content (AvgIpc) is 3.40. The van der Waals surface area contributed by atoms with Crippen LogP contribution in [-0.2, 0) is 18.9 Å². The summed E-state index contributed by atoms with van der Waals surface area (Å²) in [5.74, 6) is -0.158. The molecule has 0 aromatic heterocycles. The van der Waals surface area contributed by atoms with Gasteiger partial charge < -0.3 is 18.9 Å². The molecule has 4 nitrogen and oxygen atoms in total. The monoisotopic (exact) mass is 358 g/mol. The second-order valence-electron chi connectivity index (χ2n) is 7.47.